The van der Waals surface area contributed by atoms with Crippen LogP contribution in [0.25, 0.3) is 0 Å². The number of pyridine rings is 1. The summed E-state index contributed by atoms with van der Waals surface area (Å²) in [4.78, 5) is 3.61. The summed E-state index contributed by atoms with van der Waals surface area (Å²) in [6.45, 7) is -0.286. The van der Waals surface area contributed by atoms with E-state index in [1.54, 1.807) is 0 Å². The minimum atomic E-state index is -2.63. The number of aliphatic hydroxyl groups is 1. The molecule has 72 valence electrons. The first-order valence-electron chi connectivity index (χ1n) is 3.62. The Balaban J connectivity index is 3.07. The van der Waals surface area contributed by atoms with Crippen LogP contribution in [-0.2, 0) is 12.5 Å². The standard InChI is InChI=1S/C8H8ClF2NO/c9-3-6-1-5(4-13)2-7(12-6)8(10)11/h1-2,8,13H,3-4H2. The molecule has 2 nitrogen and oxygen atoms in total. The number of nitrogens with zero attached hydrogens (tertiary/aromatic N) is 1. The third-order valence-electron chi connectivity index (χ3n) is 1.50. The summed E-state index contributed by atoms with van der Waals surface area (Å²) in [6.07, 6.45) is -2.63. The largest absolute Gasteiger partial charge is 0.392 e. The predicted octanol–water partition coefficient (Wildman–Crippen LogP) is 2.25. The average Bonchev–Trinajstić information content (AvgIpc) is 2.16. The van der Waals surface area contributed by atoms with Crippen LogP contribution in [0, 0.1) is 0 Å². The van der Waals surface area contributed by atoms with Gasteiger partial charge in [0.2, 0.25) is 0 Å². The average molecular weight is 208 g/mol. The fraction of sp³-hybridized carbons (Fsp3) is 0.375. The molecule has 0 aliphatic carbocycles. The first-order chi connectivity index (χ1) is 6.17. The van der Waals surface area contributed by atoms with E-state index in [2.05, 4.69) is 4.98 Å². The van der Waals surface area contributed by atoms with E-state index in [0.717, 1.165) is 0 Å². The van der Waals surface area contributed by atoms with Crippen LogP contribution < -0.4 is 0 Å². The van der Waals surface area contributed by atoms with Gasteiger partial charge in [-0.2, -0.15) is 0 Å². The van der Waals surface area contributed by atoms with Gasteiger partial charge < -0.3 is 5.11 Å². The number of halogens is 3. The molecule has 0 aromatic carbocycles. The zero-order valence-corrected chi connectivity index (χ0v) is 7.43. The summed E-state index contributed by atoms with van der Waals surface area (Å²) >= 11 is 5.44. The van der Waals surface area contributed by atoms with E-state index >= 15 is 0 Å². The van der Waals surface area contributed by atoms with E-state index in [1.807, 2.05) is 0 Å². The summed E-state index contributed by atoms with van der Waals surface area (Å²) in [5.74, 6) is 0.0631. The van der Waals surface area contributed by atoms with Gasteiger partial charge in [-0.1, -0.05) is 0 Å². The molecule has 0 radical (unpaired) electrons. The monoisotopic (exact) mass is 207 g/mol. The Hall–Kier alpha value is -0.740. The van der Waals surface area contributed by atoms with Crippen molar-refractivity contribution in [3.8, 4) is 0 Å². The van der Waals surface area contributed by atoms with Crippen molar-refractivity contribution >= 4 is 11.6 Å². The highest BCUT2D eigenvalue weighted by atomic mass is 35.5. The van der Waals surface area contributed by atoms with E-state index in [4.69, 9.17) is 16.7 Å². The van der Waals surface area contributed by atoms with Gasteiger partial charge in [0, 0.05) is 0 Å². The van der Waals surface area contributed by atoms with Crippen LogP contribution in [-0.4, -0.2) is 10.1 Å². The Morgan fingerprint density at radius 1 is 1.46 bits per heavy atom. The van der Waals surface area contributed by atoms with Crippen molar-refractivity contribution in [2.24, 2.45) is 0 Å². The predicted molar refractivity (Wildman–Crippen MR) is 44.7 cm³/mol. The van der Waals surface area contributed by atoms with E-state index in [9.17, 15) is 8.78 Å². The van der Waals surface area contributed by atoms with Crippen LogP contribution in [0.1, 0.15) is 23.4 Å². The number of aromatic nitrogens is 1. The van der Waals surface area contributed by atoms with Crippen molar-refractivity contribution < 1.29 is 13.9 Å². The van der Waals surface area contributed by atoms with Gasteiger partial charge >= 0.3 is 0 Å². The lowest BCUT2D eigenvalue weighted by atomic mass is 10.2. The summed E-state index contributed by atoms with van der Waals surface area (Å²) < 4.78 is 24.4. The van der Waals surface area contributed by atoms with Gasteiger partial charge in [0.15, 0.2) is 0 Å². The van der Waals surface area contributed by atoms with Crippen LogP contribution in [0.15, 0.2) is 12.1 Å². The maximum absolute atomic E-state index is 12.2. The molecule has 1 rings (SSSR count). The van der Waals surface area contributed by atoms with E-state index < -0.39 is 6.43 Å². The number of hydrogen-bond acceptors (Lipinski definition) is 2. The van der Waals surface area contributed by atoms with Gasteiger partial charge in [-0.25, -0.2) is 8.78 Å². The summed E-state index contributed by atoms with van der Waals surface area (Å²) in [6, 6.07) is 2.67. The van der Waals surface area contributed by atoms with E-state index in [1.165, 1.54) is 12.1 Å². The van der Waals surface area contributed by atoms with Crippen LogP contribution in [0.3, 0.4) is 0 Å². The van der Waals surface area contributed by atoms with Crippen LogP contribution in [0.4, 0.5) is 8.78 Å². The molecule has 0 bridgehead atoms. The number of alkyl halides is 3. The lowest BCUT2D eigenvalue weighted by Crippen LogP contribution is -1.97. The molecule has 0 amide bonds. The smallest absolute Gasteiger partial charge is 0.280 e. The Labute approximate surface area is 79.2 Å². The second kappa shape index (κ2) is 4.48. The molecule has 1 N–H and O–H groups in total. The highest BCUT2D eigenvalue weighted by Crippen LogP contribution is 2.19. The molecule has 1 aromatic rings. The van der Waals surface area contributed by atoms with Crippen molar-refractivity contribution in [3.05, 3.63) is 29.1 Å². The molecule has 0 saturated carbocycles. The molecule has 0 fully saturated rings. The van der Waals surface area contributed by atoms with Crippen molar-refractivity contribution in [2.45, 2.75) is 18.9 Å². The maximum atomic E-state index is 12.2. The second-order valence-electron chi connectivity index (χ2n) is 2.48. The number of aliphatic hydroxyl groups excluding tert-OH is 1. The Kier molecular flexibility index (Phi) is 3.57. The summed E-state index contributed by atoms with van der Waals surface area (Å²) in [5.41, 5.74) is 0.409. The SMILES string of the molecule is OCc1cc(CCl)nc(C(F)F)c1. The van der Waals surface area contributed by atoms with Crippen molar-refractivity contribution in [3.63, 3.8) is 0 Å². The molecular weight excluding hydrogens is 200 g/mol. The topological polar surface area (TPSA) is 33.1 Å². The molecule has 13 heavy (non-hydrogen) atoms. The van der Waals surface area contributed by atoms with Gasteiger partial charge in [0.25, 0.3) is 6.43 Å². The van der Waals surface area contributed by atoms with E-state index in [0.29, 0.717) is 11.3 Å². The fourth-order valence-electron chi connectivity index (χ4n) is 0.948. The third kappa shape index (κ3) is 2.60. The molecule has 0 aliphatic heterocycles. The van der Waals surface area contributed by atoms with E-state index in [-0.39, 0.29) is 18.2 Å². The normalized spacial score (nSPS) is 10.8. The Morgan fingerprint density at radius 2 is 2.15 bits per heavy atom. The maximum Gasteiger partial charge on any atom is 0.280 e. The highest BCUT2D eigenvalue weighted by Gasteiger charge is 2.10. The third-order valence-corrected chi connectivity index (χ3v) is 1.77. The molecule has 0 aliphatic rings. The van der Waals surface area contributed by atoms with Crippen LogP contribution in [0.5, 0.6) is 0 Å². The van der Waals surface area contributed by atoms with Crippen molar-refractivity contribution in [2.75, 3.05) is 0 Å². The van der Waals surface area contributed by atoms with Gasteiger partial charge in [0.1, 0.15) is 5.69 Å². The lowest BCUT2D eigenvalue weighted by molar-refractivity contribution is 0.145. The van der Waals surface area contributed by atoms with Crippen molar-refractivity contribution in [1.29, 1.82) is 0 Å². The Morgan fingerprint density at radius 3 is 2.62 bits per heavy atom. The molecule has 1 aromatic heterocycles. The number of rotatable bonds is 3. The summed E-state index contributed by atoms with van der Waals surface area (Å²) in [5, 5.41) is 8.75. The molecule has 1 heterocycles. The minimum Gasteiger partial charge on any atom is -0.392 e. The van der Waals surface area contributed by atoms with Crippen LogP contribution >= 0.6 is 11.6 Å². The minimum absolute atomic E-state index is 0.0631. The van der Waals surface area contributed by atoms with Gasteiger partial charge in [-0.3, -0.25) is 4.98 Å². The molecular formula is C8H8ClF2NO. The van der Waals surface area contributed by atoms with Gasteiger partial charge in [-0.15, -0.1) is 11.6 Å². The highest BCUT2D eigenvalue weighted by molar-refractivity contribution is 6.16. The quantitative estimate of drug-likeness (QED) is 0.772. The first kappa shape index (κ1) is 10.3. The van der Waals surface area contributed by atoms with Gasteiger partial charge in [0.05, 0.1) is 18.2 Å². The molecule has 5 heteroatoms. The molecule has 0 saturated heterocycles. The Bertz CT molecular complexity index is 271. The zero-order chi connectivity index (χ0) is 9.84. The van der Waals surface area contributed by atoms with Gasteiger partial charge in [-0.05, 0) is 17.7 Å². The summed E-state index contributed by atoms with van der Waals surface area (Å²) in [7, 11) is 0. The number of hydrogen-bond donors (Lipinski definition) is 1. The zero-order valence-electron chi connectivity index (χ0n) is 6.67. The van der Waals surface area contributed by atoms with Crippen molar-refractivity contribution in [1.82, 2.24) is 4.98 Å². The first-order valence-corrected chi connectivity index (χ1v) is 4.15. The molecule has 0 spiro atoms. The second-order valence-corrected chi connectivity index (χ2v) is 2.75. The molecule has 0 atom stereocenters. The van der Waals surface area contributed by atoms with Crippen LogP contribution in [0.2, 0.25) is 0 Å². The lowest BCUT2D eigenvalue weighted by Gasteiger charge is -2.04. The molecule has 0 unspecified atom stereocenters. The fourth-order valence-corrected chi connectivity index (χ4v) is 1.08.